The second-order valence-corrected chi connectivity index (χ2v) is 6.95. The summed E-state index contributed by atoms with van der Waals surface area (Å²) in [7, 11) is 0. The molecule has 106 valence electrons. The fraction of sp³-hybridized carbons (Fsp3) is 1.00. The van der Waals surface area contributed by atoms with E-state index < -0.39 is 0 Å². The first-order chi connectivity index (χ1) is 8.55. The molecular formula is C15H30N2O. The van der Waals surface area contributed by atoms with Crippen LogP contribution in [-0.4, -0.2) is 43.3 Å². The summed E-state index contributed by atoms with van der Waals surface area (Å²) in [5.41, 5.74) is 6.45. The maximum Gasteiger partial charge on any atom is 0.0805 e. The van der Waals surface area contributed by atoms with E-state index in [1.54, 1.807) is 0 Å². The third-order valence-corrected chi connectivity index (χ3v) is 4.90. The highest BCUT2D eigenvalue weighted by Gasteiger charge is 2.38. The highest BCUT2D eigenvalue weighted by molar-refractivity contribution is 4.91. The minimum absolute atomic E-state index is 0.0186. The van der Waals surface area contributed by atoms with Gasteiger partial charge in [0.2, 0.25) is 0 Å². The van der Waals surface area contributed by atoms with Gasteiger partial charge in [-0.05, 0) is 57.0 Å². The van der Waals surface area contributed by atoms with Crippen LogP contribution in [0.2, 0.25) is 0 Å². The van der Waals surface area contributed by atoms with Gasteiger partial charge in [0, 0.05) is 13.1 Å². The first-order valence-corrected chi connectivity index (χ1v) is 7.62. The Labute approximate surface area is 112 Å². The molecule has 0 aromatic heterocycles. The van der Waals surface area contributed by atoms with Crippen molar-refractivity contribution in [1.82, 2.24) is 4.90 Å². The minimum Gasteiger partial charge on any atom is -0.372 e. The molecule has 1 aliphatic heterocycles. The van der Waals surface area contributed by atoms with Crippen LogP contribution >= 0.6 is 0 Å². The van der Waals surface area contributed by atoms with Gasteiger partial charge in [0.1, 0.15) is 0 Å². The topological polar surface area (TPSA) is 38.5 Å². The molecule has 0 aromatic carbocycles. The molecule has 1 heterocycles. The summed E-state index contributed by atoms with van der Waals surface area (Å²) in [5.74, 6) is 0. The van der Waals surface area contributed by atoms with Gasteiger partial charge >= 0.3 is 0 Å². The number of likely N-dealkylation sites (tertiary alicyclic amines) is 1. The fourth-order valence-corrected chi connectivity index (χ4v) is 3.19. The zero-order valence-electron chi connectivity index (χ0n) is 12.2. The predicted octanol–water partition coefficient (Wildman–Crippen LogP) is 2.40. The molecule has 2 N–H and O–H groups in total. The second kappa shape index (κ2) is 5.89. The van der Waals surface area contributed by atoms with Crippen molar-refractivity contribution < 1.29 is 4.74 Å². The van der Waals surface area contributed by atoms with Crippen molar-refractivity contribution in [3.05, 3.63) is 0 Å². The Bertz CT molecular complexity index is 249. The van der Waals surface area contributed by atoms with Gasteiger partial charge in [-0.3, -0.25) is 0 Å². The van der Waals surface area contributed by atoms with Gasteiger partial charge in [-0.15, -0.1) is 0 Å². The molecule has 1 aliphatic carbocycles. The van der Waals surface area contributed by atoms with Gasteiger partial charge in [0.05, 0.1) is 12.2 Å². The van der Waals surface area contributed by atoms with E-state index in [4.69, 9.17) is 10.5 Å². The van der Waals surface area contributed by atoms with Crippen LogP contribution in [0.4, 0.5) is 0 Å². The minimum atomic E-state index is -0.0186. The molecule has 3 nitrogen and oxygen atoms in total. The quantitative estimate of drug-likeness (QED) is 0.819. The van der Waals surface area contributed by atoms with Crippen LogP contribution in [0, 0.1) is 5.41 Å². The van der Waals surface area contributed by atoms with Crippen molar-refractivity contribution >= 4 is 0 Å². The normalized spacial score (nSPS) is 27.5. The third kappa shape index (κ3) is 3.69. The Kier molecular flexibility index (Phi) is 4.68. The van der Waals surface area contributed by atoms with Crippen molar-refractivity contribution in [2.75, 3.05) is 32.8 Å². The fourth-order valence-electron chi connectivity index (χ4n) is 3.19. The van der Waals surface area contributed by atoms with Gasteiger partial charge in [0.15, 0.2) is 0 Å². The molecule has 2 aliphatic rings. The van der Waals surface area contributed by atoms with Gasteiger partial charge in [-0.25, -0.2) is 0 Å². The molecule has 0 amide bonds. The third-order valence-electron chi connectivity index (χ3n) is 4.90. The van der Waals surface area contributed by atoms with E-state index in [1.165, 1.54) is 38.8 Å². The summed E-state index contributed by atoms with van der Waals surface area (Å²) < 4.78 is 6.21. The SMILES string of the molecule is CC1(C)CCC(CN)(OCCN2CCCC2)CC1. The van der Waals surface area contributed by atoms with Crippen molar-refractivity contribution in [1.29, 1.82) is 0 Å². The van der Waals surface area contributed by atoms with Gasteiger partial charge < -0.3 is 15.4 Å². The van der Waals surface area contributed by atoms with E-state index >= 15 is 0 Å². The van der Waals surface area contributed by atoms with Crippen LogP contribution in [0.15, 0.2) is 0 Å². The molecular weight excluding hydrogens is 224 g/mol. The molecule has 1 saturated heterocycles. The lowest BCUT2D eigenvalue weighted by molar-refractivity contribution is -0.0848. The van der Waals surface area contributed by atoms with Crippen LogP contribution in [0.25, 0.3) is 0 Å². The first-order valence-electron chi connectivity index (χ1n) is 7.62. The number of nitrogens with zero attached hydrogens (tertiary/aromatic N) is 1. The van der Waals surface area contributed by atoms with Crippen LogP contribution in [0.3, 0.4) is 0 Å². The number of nitrogens with two attached hydrogens (primary N) is 1. The van der Waals surface area contributed by atoms with Crippen LogP contribution in [0.5, 0.6) is 0 Å². The summed E-state index contributed by atoms with van der Waals surface area (Å²) in [6, 6.07) is 0. The van der Waals surface area contributed by atoms with E-state index in [-0.39, 0.29) is 5.60 Å². The van der Waals surface area contributed by atoms with Crippen molar-refractivity contribution in [2.24, 2.45) is 11.1 Å². The molecule has 0 bridgehead atoms. The molecule has 0 radical (unpaired) electrons. The standard InChI is InChI=1S/C15H30N2O/c1-14(2)5-7-15(13-16,8-6-14)18-12-11-17-9-3-4-10-17/h3-13,16H2,1-2H3. The number of rotatable bonds is 5. The summed E-state index contributed by atoms with van der Waals surface area (Å²) in [6.45, 7) is 9.86. The van der Waals surface area contributed by atoms with E-state index in [0.29, 0.717) is 12.0 Å². The number of ether oxygens (including phenoxy) is 1. The molecule has 2 fully saturated rings. The van der Waals surface area contributed by atoms with Crippen LogP contribution in [0.1, 0.15) is 52.4 Å². The zero-order valence-corrected chi connectivity index (χ0v) is 12.2. The highest BCUT2D eigenvalue weighted by Crippen LogP contribution is 2.41. The Balaban J connectivity index is 1.74. The smallest absolute Gasteiger partial charge is 0.0805 e. The van der Waals surface area contributed by atoms with E-state index in [1.807, 2.05) is 0 Å². The summed E-state index contributed by atoms with van der Waals surface area (Å²) in [6.07, 6.45) is 7.47. The van der Waals surface area contributed by atoms with Gasteiger partial charge in [-0.1, -0.05) is 13.8 Å². The maximum atomic E-state index is 6.21. The Morgan fingerprint density at radius 2 is 1.67 bits per heavy atom. The maximum absolute atomic E-state index is 6.21. The van der Waals surface area contributed by atoms with Crippen LogP contribution < -0.4 is 5.73 Å². The Hall–Kier alpha value is -0.120. The summed E-state index contributed by atoms with van der Waals surface area (Å²) >= 11 is 0. The van der Waals surface area contributed by atoms with Crippen molar-refractivity contribution in [3.8, 4) is 0 Å². The highest BCUT2D eigenvalue weighted by atomic mass is 16.5. The Morgan fingerprint density at radius 1 is 1.06 bits per heavy atom. The average Bonchev–Trinajstić information content (AvgIpc) is 2.85. The predicted molar refractivity (Wildman–Crippen MR) is 75.7 cm³/mol. The zero-order chi connectivity index (χ0) is 13.1. The van der Waals surface area contributed by atoms with Crippen LogP contribution in [-0.2, 0) is 4.74 Å². The van der Waals surface area contributed by atoms with Gasteiger partial charge in [0.25, 0.3) is 0 Å². The summed E-state index contributed by atoms with van der Waals surface area (Å²) in [5, 5.41) is 0. The van der Waals surface area contributed by atoms with Gasteiger partial charge in [-0.2, -0.15) is 0 Å². The molecule has 0 atom stereocenters. The van der Waals surface area contributed by atoms with E-state index in [9.17, 15) is 0 Å². The monoisotopic (exact) mass is 254 g/mol. The Morgan fingerprint density at radius 3 is 2.22 bits per heavy atom. The molecule has 0 spiro atoms. The van der Waals surface area contributed by atoms with Crippen molar-refractivity contribution in [2.45, 2.75) is 58.0 Å². The lowest BCUT2D eigenvalue weighted by Crippen LogP contribution is -2.46. The van der Waals surface area contributed by atoms with E-state index in [0.717, 1.165) is 26.0 Å². The molecule has 1 saturated carbocycles. The largest absolute Gasteiger partial charge is 0.372 e. The second-order valence-electron chi connectivity index (χ2n) is 6.95. The number of hydrogen-bond acceptors (Lipinski definition) is 3. The lowest BCUT2D eigenvalue weighted by atomic mass is 9.71. The first kappa shape index (κ1) is 14.3. The molecule has 0 unspecified atom stereocenters. The van der Waals surface area contributed by atoms with Crippen molar-refractivity contribution in [3.63, 3.8) is 0 Å². The number of hydrogen-bond donors (Lipinski definition) is 1. The molecule has 18 heavy (non-hydrogen) atoms. The average molecular weight is 254 g/mol. The molecule has 3 heteroatoms. The summed E-state index contributed by atoms with van der Waals surface area (Å²) in [4.78, 5) is 2.51. The molecule has 2 rings (SSSR count). The molecule has 0 aromatic rings. The lowest BCUT2D eigenvalue weighted by Gasteiger charge is -2.43. The van der Waals surface area contributed by atoms with E-state index in [2.05, 4.69) is 18.7 Å².